The van der Waals surface area contributed by atoms with Crippen LogP contribution in [-0.2, 0) is 13.0 Å². The monoisotopic (exact) mass is 379 g/mol. The average molecular weight is 380 g/mol. The van der Waals surface area contributed by atoms with Gasteiger partial charge in [-0.05, 0) is 17.7 Å². The van der Waals surface area contributed by atoms with Crippen LogP contribution in [0, 0.1) is 0 Å². The molecule has 0 atom stereocenters. The first-order valence-electron chi connectivity index (χ1n) is 8.21. The van der Waals surface area contributed by atoms with Crippen LogP contribution in [0.2, 0.25) is 5.02 Å². The lowest BCUT2D eigenvalue weighted by molar-refractivity contribution is 0.0694. The van der Waals surface area contributed by atoms with Crippen LogP contribution in [0.4, 0.5) is 0 Å². The van der Waals surface area contributed by atoms with Crippen molar-refractivity contribution in [2.24, 2.45) is 0 Å². The Hall–Kier alpha value is -2.67. The lowest BCUT2D eigenvalue weighted by atomic mass is 10.2. The molecule has 3 rings (SSSR count). The summed E-state index contributed by atoms with van der Waals surface area (Å²) >= 11 is 6.23. The summed E-state index contributed by atoms with van der Waals surface area (Å²) in [4.78, 5) is 23.4. The van der Waals surface area contributed by atoms with Gasteiger partial charge >= 0.3 is 5.97 Å². The number of rotatable bonds is 5. The first-order valence-corrected chi connectivity index (χ1v) is 8.59. The van der Waals surface area contributed by atoms with Gasteiger partial charge in [-0.15, -0.1) is 0 Å². The molecular formula is C18H18ClNO6. The van der Waals surface area contributed by atoms with E-state index in [0.717, 1.165) is 12.0 Å². The Morgan fingerprint density at radius 2 is 2.00 bits per heavy atom. The summed E-state index contributed by atoms with van der Waals surface area (Å²) < 4.78 is 16.5. The Kier molecular flexibility index (Phi) is 5.37. The van der Waals surface area contributed by atoms with E-state index in [1.165, 1.54) is 6.07 Å². The highest BCUT2D eigenvalue weighted by Gasteiger charge is 2.20. The summed E-state index contributed by atoms with van der Waals surface area (Å²) in [6.45, 7) is 3.00. The number of ether oxygens (including phenoxy) is 2. The van der Waals surface area contributed by atoms with Gasteiger partial charge in [0.15, 0.2) is 17.3 Å². The zero-order valence-corrected chi connectivity index (χ0v) is 14.9. The van der Waals surface area contributed by atoms with Gasteiger partial charge in [0, 0.05) is 25.5 Å². The molecule has 8 heteroatoms. The number of carboxylic acids is 1. The summed E-state index contributed by atoms with van der Waals surface area (Å²) in [6, 6.07) is 4.68. The lowest BCUT2D eigenvalue weighted by Gasteiger charge is -2.12. The molecule has 2 N–H and O–H groups in total. The number of hydrogen-bond acceptors (Lipinski definition) is 5. The molecule has 2 aromatic rings. The quantitative estimate of drug-likeness (QED) is 0.827. The van der Waals surface area contributed by atoms with Gasteiger partial charge in [0.25, 0.3) is 5.91 Å². The summed E-state index contributed by atoms with van der Waals surface area (Å²) in [5.41, 5.74) is 0.726. The number of fused-ring (bicyclic) bond motifs is 1. The normalized spacial score (nSPS) is 13.2. The minimum Gasteiger partial charge on any atom is -0.489 e. The molecule has 0 bridgehead atoms. The largest absolute Gasteiger partial charge is 0.489 e. The SMILES string of the molecule is CCc1oc(C(=O)NCc2cc(Cl)c3c(c2)OCCCO3)cc1C(=O)O. The zero-order chi connectivity index (χ0) is 18.7. The molecule has 0 radical (unpaired) electrons. The highest BCUT2D eigenvalue weighted by molar-refractivity contribution is 6.32. The van der Waals surface area contributed by atoms with Crippen molar-refractivity contribution in [1.82, 2.24) is 5.32 Å². The number of hydrogen-bond donors (Lipinski definition) is 2. The Labute approximate surface area is 154 Å². The second-order valence-corrected chi connectivity index (χ2v) is 6.15. The minimum absolute atomic E-state index is 0.00345. The number of halogens is 1. The van der Waals surface area contributed by atoms with E-state index in [-0.39, 0.29) is 23.6 Å². The van der Waals surface area contributed by atoms with E-state index < -0.39 is 11.9 Å². The maximum atomic E-state index is 12.3. The van der Waals surface area contributed by atoms with Crippen LogP contribution in [0.3, 0.4) is 0 Å². The third-order valence-electron chi connectivity index (χ3n) is 3.90. The van der Waals surface area contributed by atoms with E-state index in [1.54, 1.807) is 19.1 Å². The maximum absolute atomic E-state index is 12.3. The molecule has 1 aromatic carbocycles. The Bertz CT molecular complexity index is 844. The molecule has 1 aliphatic rings. The fraction of sp³-hybridized carbons (Fsp3) is 0.333. The summed E-state index contributed by atoms with van der Waals surface area (Å²) in [6.07, 6.45) is 1.15. The molecule has 0 unspecified atom stereocenters. The van der Waals surface area contributed by atoms with Crippen molar-refractivity contribution in [1.29, 1.82) is 0 Å². The number of nitrogens with one attached hydrogen (secondary N) is 1. The average Bonchev–Trinajstić information content (AvgIpc) is 2.92. The molecule has 0 spiro atoms. The highest BCUT2D eigenvalue weighted by atomic mass is 35.5. The molecule has 0 fully saturated rings. The van der Waals surface area contributed by atoms with E-state index in [2.05, 4.69) is 5.32 Å². The fourth-order valence-corrected chi connectivity index (χ4v) is 2.93. The van der Waals surface area contributed by atoms with Crippen molar-refractivity contribution < 1.29 is 28.6 Å². The molecule has 1 aliphatic heterocycles. The van der Waals surface area contributed by atoms with Gasteiger partial charge in [-0.3, -0.25) is 4.79 Å². The van der Waals surface area contributed by atoms with E-state index in [1.807, 2.05) is 0 Å². The van der Waals surface area contributed by atoms with E-state index in [9.17, 15) is 9.59 Å². The molecule has 26 heavy (non-hydrogen) atoms. The van der Waals surface area contributed by atoms with Crippen molar-refractivity contribution in [3.8, 4) is 11.5 Å². The van der Waals surface area contributed by atoms with Crippen LogP contribution in [0.15, 0.2) is 22.6 Å². The Balaban J connectivity index is 1.73. The molecule has 138 valence electrons. The van der Waals surface area contributed by atoms with E-state index in [4.69, 9.17) is 30.6 Å². The van der Waals surface area contributed by atoms with Crippen LogP contribution in [0.5, 0.6) is 11.5 Å². The van der Waals surface area contributed by atoms with Gasteiger partial charge in [0.1, 0.15) is 11.3 Å². The minimum atomic E-state index is -1.13. The third kappa shape index (κ3) is 3.77. The zero-order valence-electron chi connectivity index (χ0n) is 14.1. The smallest absolute Gasteiger partial charge is 0.339 e. The van der Waals surface area contributed by atoms with Gasteiger partial charge in [-0.2, -0.15) is 0 Å². The predicted octanol–water partition coefficient (Wildman–Crippen LogP) is 3.28. The second-order valence-electron chi connectivity index (χ2n) is 5.74. The molecule has 2 heterocycles. The van der Waals surface area contributed by atoms with Gasteiger partial charge in [0.05, 0.1) is 18.2 Å². The van der Waals surface area contributed by atoms with Crippen LogP contribution in [0.1, 0.15) is 45.6 Å². The van der Waals surface area contributed by atoms with Gasteiger partial charge < -0.3 is 24.3 Å². The molecule has 1 aromatic heterocycles. The summed E-state index contributed by atoms with van der Waals surface area (Å²) in [5, 5.41) is 12.2. The number of furan rings is 1. The third-order valence-corrected chi connectivity index (χ3v) is 4.18. The van der Waals surface area contributed by atoms with Crippen molar-refractivity contribution in [3.63, 3.8) is 0 Å². The van der Waals surface area contributed by atoms with E-state index >= 15 is 0 Å². The van der Waals surface area contributed by atoms with Gasteiger partial charge in [0.2, 0.25) is 0 Å². The van der Waals surface area contributed by atoms with Crippen molar-refractivity contribution in [2.75, 3.05) is 13.2 Å². The molecule has 0 aliphatic carbocycles. The van der Waals surface area contributed by atoms with Crippen molar-refractivity contribution >= 4 is 23.5 Å². The fourth-order valence-electron chi connectivity index (χ4n) is 2.64. The number of carboxylic acid groups (broad SMARTS) is 1. The van der Waals surface area contributed by atoms with Gasteiger partial charge in [-0.1, -0.05) is 18.5 Å². The maximum Gasteiger partial charge on any atom is 0.339 e. The van der Waals surface area contributed by atoms with Crippen LogP contribution in [-0.4, -0.2) is 30.2 Å². The second kappa shape index (κ2) is 7.70. The van der Waals surface area contributed by atoms with Gasteiger partial charge in [-0.25, -0.2) is 4.79 Å². The summed E-state index contributed by atoms with van der Waals surface area (Å²) in [7, 11) is 0. The first-order chi connectivity index (χ1) is 12.5. The number of aromatic carboxylic acids is 1. The van der Waals surface area contributed by atoms with E-state index in [0.29, 0.717) is 36.2 Å². The van der Waals surface area contributed by atoms with Crippen molar-refractivity contribution in [3.05, 3.63) is 45.9 Å². The van der Waals surface area contributed by atoms with Crippen molar-refractivity contribution in [2.45, 2.75) is 26.3 Å². The standard InChI is InChI=1S/C18H18ClNO6/c1-2-13-11(18(22)23)8-15(26-13)17(21)20-9-10-6-12(19)16-14(7-10)24-4-3-5-25-16/h6-8H,2-5,9H2,1H3,(H,20,21)(H,22,23). The molecule has 0 saturated heterocycles. The number of carbonyl (C=O) groups is 2. The number of benzene rings is 1. The number of amides is 1. The lowest BCUT2D eigenvalue weighted by Crippen LogP contribution is -2.22. The Morgan fingerprint density at radius 3 is 2.69 bits per heavy atom. The van der Waals surface area contributed by atoms with Crippen LogP contribution >= 0.6 is 11.6 Å². The summed E-state index contributed by atoms with van der Waals surface area (Å²) in [5.74, 6) is -0.363. The molecule has 7 nitrogen and oxygen atoms in total. The topological polar surface area (TPSA) is 98.0 Å². The number of carbonyl (C=O) groups excluding carboxylic acids is 1. The molecule has 0 saturated carbocycles. The first kappa shape index (κ1) is 18.1. The van der Waals surface area contributed by atoms with Crippen LogP contribution in [0.25, 0.3) is 0 Å². The Morgan fingerprint density at radius 1 is 1.23 bits per heavy atom. The van der Waals surface area contributed by atoms with Crippen LogP contribution < -0.4 is 14.8 Å². The highest BCUT2D eigenvalue weighted by Crippen LogP contribution is 2.38. The molecular weight excluding hydrogens is 362 g/mol. The number of aryl methyl sites for hydroxylation is 1. The predicted molar refractivity (Wildman–Crippen MR) is 93.3 cm³/mol. The molecule has 1 amide bonds.